The molecule has 20 heavy (non-hydrogen) atoms. The highest BCUT2D eigenvalue weighted by Gasteiger charge is 2.26. The van der Waals surface area contributed by atoms with Gasteiger partial charge < -0.3 is 0 Å². The largest absolute Gasteiger partial charge is 0.331 e. The lowest BCUT2D eigenvalue weighted by atomic mass is 10.3. The van der Waals surface area contributed by atoms with Gasteiger partial charge in [-0.25, -0.2) is 4.79 Å². The summed E-state index contributed by atoms with van der Waals surface area (Å²) in [7, 11) is 0. The van der Waals surface area contributed by atoms with Crippen LogP contribution < -0.4 is 11.2 Å². The molecule has 1 fully saturated rings. The molecule has 0 amide bonds. The maximum absolute atomic E-state index is 12.3. The molecule has 6 nitrogen and oxygen atoms in total. The van der Waals surface area contributed by atoms with Crippen LogP contribution in [0.1, 0.15) is 30.0 Å². The first-order valence-electron chi connectivity index (χ1n) is 6.35. The highest BCUT2D eigenvalue weighted by Crippen LogP contribution is 2.33. The SMILES string of the molecule is N#Cc1cn(C2CC2)c(=O)n(Cc2cccnc2)c1=O. The van der Waals surface area contributed by atoms with Gasteiger partial charge >= 0.3 is 5.69 Å². The van der Waals surface area contributed by atoms with Crippen molar-refractivity contribution in [3.8, 4) is 6.07 Å². The Morgan fingerprint density at radius 3 is 2.80 bits per heavy atom. The summed E-state index contributed by atoms with van der Waals surface area (Å²) in [4.78, 5) is 28.4. The van der Waals surface area contributed by atoms with Crippen LogP contribution in [0, 0.1) is 11.3 Å². The predicted molar refractivity (Wildman–Crippen MR) is 71.3 cm³/mol. The summed E-state index contributed by atoms with van der Waals surface area (Å²) in [6.45, 7) is 0.133. The van der Waals surface area contributed by atoms with Crippen molar-refractivity contribution in [3.63, 3.8) is 0 Å². The van der Waals surface area contributed by atoms with E-state index in [9.17, 15) is 9.59 Å². The van der Waals surface area contributed by atoms with E-state index < -0.39 is 5.56 Å². The van der Waals surface area contributed by atoms with Gasteiger partial charge in [0.1, 0.15) is 11.6 Å². The summed E-state index contributed by atoms with van der Waals surface area (Å²) in [5, 5.41) is 9.04. The molecule has 0 spiro atoms. The van der Waals surface area contributed by atoms with Crippen LogP contribution in [0.2, 0.25) is 0 Å². The average Bonchev–Trinajstić information content (AvgIpc) is 3.29. The summed E-state index contributed by atoms with van der Waals surface area (Å²) >= 11 is 0. The van der Waals surface area contributed by atoms with Gasteiger partial charge in [-0.2, -0.15) is 5.26 Å². The zero-order valence-electron chi connectivity index (χ0n) is 10.7. The summed E-state index contributed by atoms with van der Waals surface area (Å²) in [6, 6.07) is 5.52. The van der Waals surface area contributed by atoms with E-state index in [1.807, 2.05) is 6.07 Å². The van der Waals surface area contributed by atoms with Crippen LogP contribution in [-0.4, -0.2) is 14.1 Å². The van der Waals surface area contributed by atoms with Gasteiger partial charge in [-0.15, -0.1) is 0 Å². The van der Waals surface area contributed by atoms with E-state index in [0.29, 0.717) is 0 Å². The Hall–Kier alpha value is -2.68. The Balaban J connectivity index is 2.14. The molecule has 0 aromatic carbocycles. The topological polar surface area (TPSA) is 80.7 Å². The number of hydrogen-bond acceptors (Lipinski definition) is 4. The highest BCUT2D eigenvalue weighted by molar-refractivity contribution is 5.24. The molecule has 1 saturated carbocycles. The van der Waals surface area contributed by atoms with Crippen LogP contribution in [0.15, 0.2) is 40.3 Å². The third-order valence-corrected chi connectivity index (χ3v) is 3.32. The lowest BCUT2D eigenvalue weighted by Gasteiger charge is -2.10. The molecule has 3 rings (SSSR count). The molecule has 1 aliphatic carbocycles. The molecular formula is C14H12N4O2. The Labute approximate surface area is 114 Å². The van der Waals surface area contributed by atoms with E-state index in [-0.39, 0.29) is 23.8 Å². The minimum absolute atomic E-state index is 0.000361. The van der Waals surface area contributed by atoms with Crippen molar-refractivity contribution in [2.24, 2.45) is 0 Å². The van der Waals surface area contributed by atoms with Gasteiger partial charge in [0.15, 0.2) is 0 Å². The van der Waals surface area contributed by atoms with E-state index >= 15 is 0 Å². The quantitative estimate of drug-likeness (QED) is 0.819. The lowest BCUT2D eigenvalue weighted by molar-refractivity contribution is 0.587. The van der Waals surface area contributed by atoms with Crippen LogP contribution in [-0.2, 0) is 6.54 Å². The molecular weight excluding hydrogens is 256 g/mol. The molecule has 0 saturated heterocycles. The molecule has 0 radical (unpaired) electrons. The minimum Gasteiger partial charge on any atom is -0.296 e. The van der Waals surface area contributed by atoms with Crippen molar-refractivity contribution in [1.82, 2.24) is 14.1 Å². The van der Waals surface area contributed by atoms with Crippen LogP contribution in [0.4, 0.5) is 0 Å². The summed E-state index contributed by atoms with van der Waals surface area (Å²) in [5.41, 5.74) is -0.150. The summed E-state index contributed by atoms with van der Waals surface area (Å²) in [5.74, 6) is 0. The van der Waals surface area contributed by atoms with Crippen LogP contribution in [0.25, 0.3) is 0 Å². The van der Waals surface area contributed by atoms with Gasteiger partial charge in [-0.05, 0) is 24.5 Å². The first-order chi connectivity index (χ1) is 9.70. The molecule has 2 aromatic rings. The van der Waals surface area contributed by atoms with Crippen molar-refractivity contribution in [3.05, 3.63) is 62.7 Å². The van der Waals surface area contributed by atoms with E-state index in [1.54, 1.807) is 24.5 Å². The first-order valence-corrected chi connectivity index (χ1v) is 6.35. The molecule has 2 heterocycles. The van der Waals surface area contributed by atoms with Gasteiger partial charge in [0, 0.05) is 24.6 Å². The summed E-state index contributed by atoms with van der Waals surface area (Å²) in [6.07, 6.45) is 6.43. The standard InChI is InChI=1S/C14H12N4O2/c15-6-11-9-17(12-3-4-12)14(20)18(13(11)19)8-10-2-1-5-16-7-10/h1-2,5,7,9,12H,3-4,8H2. The van der Waals surface area contributed by atoms with E-state index in [1.165, 1.54) is 10.8 Å². The van der Waals surface area contributed by atoms with E-state index in [2.05, 4.69) is 4.98 Å². The number of nitrogens with zero attached hydrogens (tertiary/aromatic N) is 4. The third kappa shape index (κ3) is 2.14. The molecule has 0 atom stereocenters. The second kappa shape index (κ2) is 4.78. The molecule has 1 aliphatic rings. The summed E-state index contributed by atoms with van der Waals surface area (Å²) < 4.78 is 2.60. The number of hydrogen-bond donors (Lipinski definition) is 0. The van der Waals surface area contributed by atoms with Crippen LogP contribution in [0.3, 0.4) is 0 Å². The monoisotopic (exact) mass is 268 g/mol. The molecule has 100 valence electrons. The van der Waals surface area contributed by atoms with Gasteiger partial charge in [-0.3, -0.25) is 18.9 Å². The minimum atomic E-state index is -0.543. The second-order valence-electron chi connectivity index (χ2n) is 4.83. The Kier molecular flexibility index (Phi) is 2.95. The Bertz CT molecular complexity index is 795. The van der Waals surface area contributed by atoms with Gasteiger partial charge in [0.2, 0.25) is 0 Å². The number of aromatic nitrogens is 3. The molecule has 0 N–H and O–H groups in total. The fourth-order valence-electron chi connectivity index (χ4n) is 2.13. The Morgan fingerprint density at radius 1 is 1.40 bits per heavy atom. The number of nitriles is 1. The normalized spacial score (nSPS) is 13.9. The van der Waals surface area contributed by atoms with E-state index in [4.69, 9.17) is 5.26 Å². The molecule has 6 heteroatoms. The van der Waals surface area contributed by atoms with Crippen molar-refractivity contribution in [1.29, 1.82) is 5.26 Å². The molecule has 0 aliphatic heterocycles. The van der Waals surface area contributed by atoms with Crippen molar-refractivity contribution in [2.75, 3.05) is 0 Å². The zero-order valence-corrected chi connectivity index (χ0v) is 10.7. The number of rotatable bonds is 3. The maximum atomic E-state index is 12.3. The lowest BCUT2D eigenvalue weighted by Crippen LogP contribution is -2.40. The fraction of sp³-hybridized carbons (Fsp3) is 0.286. The van der Waals surface area contributed by atoms with Crippen LogP contribution in [0.5, 0.6) is 0 Å². The molecule has 0 unspecified atom stereocenters. The average molecular weight is 268 g/mol. The van der Waals surface area contributed by atoms with Crippen molar-refractivity contribution >= 4 is 0 Å². The van der Waals surface area contributed by atoms with Gasteiger partial charge in [-0.1, -0.05) is 6.07 Å². The van der Waals surface area contributed by atoms with Gasteiger partial charge in [0.25, 0.3) is 5.56 Å². The van der Waals surface area contributed by atoms with Crippen molar-refractivity contribution in [2.45, 2.75) is 25.4 Å². The smallest absolute Gasteiger partial charge is 0.296 e. The fourth-order valence-corrected chi connectivity index (χ4v) is 2.13. The zero-order chi connectivity index (χ0) is 14.1. The van der Waals surface area contributed by atoms with Gasteiger partial charge in [0.05, 0.1) is 6.54 Å². The Morgan fingerprint density at radius 2 is 2.20 bits per heavy atom. The van der Waals surface area contributed by atoms with Crippen molar-refractivity contribution < 1.29 is 0 Å². The number of pyridine rings is 1. The predicted octanol–water partition coefficient (Wildman–Crippen LogP) is 0.660. The van der Waals surface area contributed by atoms with Crippen LogP contribution >= 0.6 is 0 Å². The molecule has 2 aromatic heterocycles. The first kappa shape index (κ1) is 12.4. The van der Waals surface area contributed by atoms with E-state index in [0.717, 1.165) is 23.0 Å². The maximum Gasteiger partial charge on any atom is 0.331 e. The molecule has 0 bridgehead atoms. The third-order valence-electron chi connectivity index (χ3n) is 3.32. The highest BCUT2D eigenvalue weighted by atomic mass is 16.2. The second-order valence-corrected chi connectivity index (χ2v) is 4.83.